The number of hydrogen-bond acceptors (Lipinski definition) is 3. The van der Waals surface area contributed by atoms with Gasteiger partial charge in [0.1, 0.15) is 0 Å². The molecule has 0 saturated heterocycles. The summed E-state index contributed by atoms with van der Waals surface area (Å²) in [5.41, 5.74) is 0. The first-order valence-corrected chi connectivity index (χ1v) is 10.3. The first kappa shape index (κ1) is 24.6. The van der Waals surface area contributed by atoms with Crippen LogP contribution in [0.5, 0.6) is 0 Å². The molecule has 0 aliphatic heterocycles. The fraction of sp³-hybridized carbons (Fsp3) is 0.941. The zero-order chi connectivity index (χ0) is 20.1. The molecular weight excluding hydrogens is 350 g/mol. The Morgan fingerprint density at radius 2 is 1.16 bits per heavy atom. The second-order valence-corrected chi connectivity index (χ2v) is 9.57. The molecule has 25 heavy (non-hydrogen) atoms. The normalized spacial score (nSPS) is 13.4. The molecule has 0 unspecified atom stereocenters. The van der Waals surface area contributed by atoms with Gasteiger partial charge in [0.15, 0.2) is 0 Å². The van der Waals surface area contributed by atoms with E-state index in [9.17, 15) is 18.0 Å². The zero-order valence-electron chi connectivity index (χ0n) is 17.1. The summed E-state index contributed by atoms with van der Waals surface area (Å²) in [6.07, 6.45) is -4.29. The summed E-state index contributed by atoms with van der Waals surface area (Å²) in [5.74, 6) is -1.77. The van der Waals surface area contributed by atoms with E-state index in [2.05, 4.69) is 64.7 Å². The van der Waals surface area contributed by atoms with Crippen LogP contribution in [0.15, 0.2) is 0 Å². The van der Waals surface area contributed by atoms with Crippen LogP contribution in [0.1, 0.15) is 55.4 Å². The van der Waals surface area contributed by atoms with Gasteiger partial charge in [0, 0.05) is 52.1 Å². The molecule has 0 aromatic rings. The Morgan fingerprint density at radius 1 is 0.840 bits per heavy atom. The van der Waals surface area contributed by atoms with E-state index >= 15 is 0 Å². The minimum Gasteiger partial charge on any atom is -0.338 e. The molecule has 0 spiro atoms. The SMILES string of the molecule is CC(C)N(C(C)C)P(CCN(C)C(=O)C(F)(F)F)N(C(C)C)C(C)C. The van der Waals surface area contributed by atoms with Gasteiger partial charge in [0.25, 0.3) is 0 Å². The molecule has 1 amide bonds. The first-order chi connectivity index (χ1) is 11.2. The molecule has 150 valence electrons. The Morgan fingerprint density at radius 3 is 1.40 bits per heavy atom. The Labute approximate surface area is 152 Å². The molecule has 0 atom stereocenters. The maximum Gasteiger partial charge on any atom is 0.471 e. The van der Waals surface area contributed by atoms with Crippen molar-refractivity contribution in [2.24, 2.45) is 0 Å². The molecule has 8 heteroatoms. The Hall–Kier alpha value is -0.390. The van der Waals surface area contributed by atoms with Crippen LogP contribution < -0.4 is 0 Å². The average Bonchev–Trinajstić information content (AvgIpc) is 2.40. The summed E-state index contributed by atoms with van der Waals surface area (Å²) in [7, 11) is 0.397. The van der Waals surface area contributed by atoms with Gasteiger partial charge in [0.05, 0.1) is 0 Å². The largest absolute Gasteiger partial charge is 0.471 e. The van der Waals surface area contributed by atoms with Crippen molar-refractivity contribution < 1.29 is 18.0 Å². The van der Waals surface area contributed by atoms with E-state index in [1.165, 1.54) is 7.05 Å². The predicted molar refractivity (Wildman–Crippen MR) is 99.7 cm³/mol. The Balaban J connectivity index is 5.50. The Bertz CT molecular complexity index is 378. The summed E-state index contributed by atoms with van der Waals surface area (Å²) in [6.45, 7) is 17.0. The lowest BCUT2D eigenvalue weighted by Gasteiger charge is -2.47. The van der Waals surface area contributed by atoms with E-state index in [4.69, 9.17) is 0 Å². The molecule has 0 aliphatic rings. The van der Waals surface area contributed by atoms with Gasteiger partial charge in [-0.3, -0.25) is 14.1 Å². The van der Waals surface area contributed by atoms with Crippen molar-refractivity contribution in [3.05, 3.63) is 0 Å². The number of carbonyl (C=O) groups excluding carboxylic acids is 1. The van der Waals surface area contributed by atoms with Crippen molar-refractivity contribution in [3.63, 3.8) is 0 Å². The van der Waals surface area contributed by atoms with Gasteiger partial charge in [-0.25, -0.2) is 0 Å². The lowest BCUT2D eigenvalue weighted by Crippen LogP contribution is -2.46. The summed E-state index contributed by atoms with van der Waals surface area (Å²) < 4.78 is 42.7. The van der Waals surface area contributed by atoms with Crippen LogP contribution in [0.25, 0.3) is 0 Å². The van der Waals surface area contributed by atoms with E-state index in [0.717, 1.165) is 4.90 Å². The number of hydrogen-bond donors (Lipinski definition) is 0. The minimum absolute atomic E-state index is 0.0932. The number of rotatable bonds is 9. The molecule has 0 aliphatic carbocycles. The Kier molecular flexibility index (Phi) is 9.92. The monoisotopic (exact) mass is 385 g/mol. The van der Waals surface area contributed by atoms with Gasteiger partial charge in [-0.05, 0) is 55.4 Å². The van der Waals surface area contributed by atoms with Gasteiger partial charge < -0.3 is 4.90 Å². The van der Waals surface area contributed by atoms with Gasteiger partial charge in [0.2, 0.25) is 0 Å². The molecule has 0 aromatic heterocycles. The van der Waals surface area contributed by atoms with Gasteiger partial charge >= 0.3 is 12.1 Å². The summed E-state index contributed by atoms with van der Waals surface area (Å²) in [6, 6.07) is 1.09. The smallest absolute Gasteiger partial charge is 0.338 e. The van der Waals surface area contributed by atoms with Crippen LogP contribution >= 0.6 is 8.22 Å². The van der Waals surface area contributed by atoms with Crippen LogP contribution in [0.4, 0.5) is 13.2 Å². The average molecular weight is 385 g/mol. The third kappa shape index (κ3) is 7.40. The maximum atomic E-state index is 12.6. The predicted octanol–water partition coefficient (Wildman–Crippen LogP) is 4.56. The van der Waals surface area contributed by atoms with Gasteiger partial charge in [-0.2, -0.15) is 13.2 Å². The molecule has 0 rings (SSSR count). The van der Waals surface area contributed by atoms with Crippen molar-refractivity contribution in [2.45, 2.75) is 85.7 Å². The minimum atomic E-state index is -4.82. The standard InChI is InChI=1S/C17H35F3N3OP/c1-12(2)22(13(3)4)25(23(14(5)6)15(7)8)11-10-21(9)16(24)17(18,19)20/h12-15H,10-11H2,1-9H3. The van der Waals surface area contributed by atoms with Crippen LogP contribution in [0.3, 0.4) is 0 Å². The summed E-state index contributed by atoms with van der Waals surface area (Å²) in [5, 5.41) is 0. The molecule has 0 aromatic carbocycles. The van der Waals surface area contributed by atoms with E-state index in [-0.39, 0.29) is 30.7 Å². The fourth-order valence-electron chi connectivity index (χ4n) is 3.17. The van der Waals surface area contributed by atoms with Crippen molar-refractivity contribution in [3.8, 4) is 0 Å². The highest BCUT2D eigenvalue weighted by molar-refractivity contribution is 7.52. The van der Waals surface area contributed by atoms with Crippen molar-refractivity contribution in [1.29, 1.82) is 0 Å². The highest BCUT2D eigenvalue weighted by Crippen LogP contribution is 2.49. The highest BCUT2D eigenvalue weighted by Gasteiger charge is 2.41. The first-order valence-electron chi connectivity index (χ1n) is 8.88. The van der Waals surface area contributed by atoms with Crippen LogP contribution in [0, 0.1) is 0 Å². The van der Waals surface area contributed by atoms with E-state index in [0.29, 0.717) is 6.16 Å². The molecule has 0 bridgehead atoms. The maximum absolute atomic E-state index is 12.6. The number of alkyl halides is 3. The fourth-order valence-corrected chi connectivity index (χ4v) is 6.48. The molecular formula is C17H35F3N3OP. The van der Waals surface area contributed by atoms with E-state index in [1.54, 1.807) is 0 Å². The third-order valence-corrected chi connectivity index (χ3v) is 7.39. The van der Waals surface area contributed by atoms with E-state index < -0.39 is 20.3 Å². The van der Waals surface area contributed by atoms with Crippen molar-refractivity contribution in [1.82, 2.24) is 14.2 Å². The van der Waals surface area contributed by atoms with Gasteiger partial charge in [-0.15, -0.1) is 0 Å². The molecule has 0 heterocycles. The lowest BCUT2D eigenvalue weighted by molar-refractivity contribution is -0.183. The molecule has 0 N–H and O–H groups in total. The quantitative estimate of drug-likeness (QED) is 0.545. The summed E-state index contributed by atoms with van der Waals surface area (Å²) in [4.78, 5) is 12.2. The van der Waals surface area contributed by atoms with Crippen LogP contribution in [-0.2, 0) is 4.79 Å². The van der Waals surface area contributed by atoms with Crippen molar-refractivity contribution >= 4 is 14.1 Å². The molecule has 0 radical (unpaired) electrons. The lowest BCUT2D eigenvalue weighted by atomic mass is 10.3. The molecule has 4 nitrogen and oxygen atoms in total. The van der Waals surface area contributed by atoms with Crippen molar-refractivity contribution in [2.75, 3.05) is 19.8 Å². The third-order valence-electron chi connectivity index (χ3n) is 3.87. The zero-order valence-corrected chi connectivity index (χ0v) is 17.9. The topological polar surface area (TPSA) is 26.8 Å². The van der Waals surface area contributed by atoms with Gasteiger partial charge in [-0.1, -0.05) is 0 Å². The number of amides is 1. The molecule has 0 saturated carbocycles. The number of nitrogens with zero attached hydrogens (tertiary/aromatic N) is 3. The number of halogens is 3. The van der Waals surface area contributed by atoms with E-state index in [1.807, 2.05) is 0 Å². The van der Waals surface area contributed by atoms with Crippen LogP contribution in [0.2, 0.25) is 0 Å². The second-order valence-electron chi connectivity index (χ2n) is 7.46. The summed E-state index contributed by atoms with van der Waals surface area (Å²) >= 11 is 0. The van der Waals surface area contributed by atoms with Crippen LogP contribution in [-0.4, -0.2) is 70.2 Å². The number of carbonyl (C=O) groups is 1. The second kappa shape index (κ2) is 10.1. The molecule has 0 fully saturated rings. The highest BCUT2D eigenvalue weighted by atomic mass is 31.1.